The van der Waals surface area contributed by atoms with Gasteiger partial charge in [0.1, 0.15) is 0 Å². The third kappa shape index (κ3) is 17.8. The summed E-state index contributed by atoms with van der Waals surface area (Å²) in [6.07, 6.45) is 4.13. The quantitative estimate of drug-likeness (QED) is 0.605. The summed E-state index contributed by atoms with van der Waals surface area (Å²) in [5, 5.41) is 16.7. The molecule has 0 spiro atoms. The first-order valence-corrected chi connectivity index (χ1v) is 5.60. The molecule has 0 bridgehead atoms. The van der Waals surface area contributed by atoms with Gasteiger partial charge in [-0.05, 0) is 19.3 Å². The lowest BCUT2D eigenvalue weighted by molar-refractivity contribution is -0.137. The first kappa shape index (κ1) is 16.2. The summed E-state index contributed by atoms with van der Waals surface area (Å²) >= 11 is 4.23. The van der Waals surface area contributed by atoms with Gasteiger partial charge in [0.2, 0.25) is 0 Å². The Morgan fingerprint density at radius 3 is 2.07 bits per heavy atom. The van der Waals surface area contributed by atoms with E-state index in [0.717, 1.165) is 25.7 Å². The van der Waals surface area contributed by atoms with Crippen molar-refractivity contribution in [2.45, 2.75) is 51.2 Å². The lowest BCUT2D eigenvalue weighted by Crippen LogP contribution is -1.99. The molecule has 1 unspecified atom stereocenters. The molecule has 0 rings (SSSR count). The van der Waals surface area contributed by atoms with E-state index in [2.05, 4.69) is 19.6 Å². The third-order valence-electron chi connectivity index (χ3n) is 1.55. The van der Waals surface area contributed by atoms with Crippen LogP contribution in [0.5, 0.6) is 0 Å². The van der Waals surface area contributed by atoms with Crippen molar-refractivity contribution >= 4 is 18.6 Å². The summed E-state index contributed by atoms with van der Waals surface area (Å²) in [5.41, 5.74) is 0. The summed E-state index contributed by atoms with van der Waals surface area (Å²) < 4.78 is 0. The first-order chi connectivity index (χ1) is 6.58. The van der Waals surface area contributed by atoms with Gasteiger partial charge in [-0.3, -0.25) is 4.79 Å². The molecule has 0 heterocycles. The average Bonchev–Trinajstić information content (AvgIpc) is 2.05. The van der Waals surface area contributed by atoms with Crippen molar-refractivity contribution < 1.29 is 15.0 Å². The minimum Gasteiger partial charge on any atom is -0.481 e. The highest BCUT2D eigenvalue weighted by molar-refractivity contribution is 7.80. The zero-order valence-electron chi connectivity index (χ0n) is 9.07. The number of hydrogen-bond acceptors (Lipinski definition) is 3. The highest BCUT2D eigenvalue weighted by Crippen LogP contribution is 2.07. The van der Waals surface area contributed by atoms with Gasteiger partial charge < -0.3 is 10.2 Å². The Bertz CT molecular complexity index is 123. The lowest BCUT2D eigenvalue weighted by atomic mass is 10.2. The highest BCUT2D eigenvalue weighted by atomic mass is 32.1. The number of thiol groups is 1. The maximum atomic E-state index is 9.60. The molecule has 4 heteroatoms. The predicted octanol–water partition coefficient (Wildman–Crippen LogP) is 2.34. The van der Waals surface area contributed by atoms with E-state index in [1.54, 1.807) is 0 Å². The van der Waals surface area contributed by atoms with Crippen LogP contribution >= 0.6 is 12.6 Å². The molecule has 0 radical (unpaired) electrons. The van der Waals surface area contributed by atoms with Crippen LogP contribution in [0.1, 0.15) is 46.0 Å². The van der Waals surface area contributed by atoms with E-state index in [9.17, 15) is 4.79 Å². The Morgan fingerprint density at radius 1 is 1.29 bits per heavy atom. The van der Waals surface area contributed by atoms with Gasteiger partial charge in [-0.25, -0.2) is 0 Å². The van der Waals surface area contributed by atoms with Gasteiger partial charge in [-0.1, -0.05) is 20.3 Å². The summed E-state index contributed by atoms with van der Waals surface area (Å²) in [7, 11) is 0. The third-order valence-corrected chi connectivity index (χ3v) is 2.06. The van der Waals surface area contributed by atoms with E-state index in [0.29, 0.717) is 11.7 Å². The number of hydrogen-bond donors (Lipinski definition) is 3. The Kier molecular flexibility index (Phi) is 14.8. The molecule has 1 atom stereocenters. The van der Waals surface area contributed by atoms with E-state index in [4.69, 9.17) is 10.2 Å². The molecular weight excluding hydrogens is 200 g/mol. The first-order valence-electron chi connectivity index (χ1n) is 5.09. The van der Waals surface area contributed by atoms with Crippen LogP contribution in [0, 0.1) is 0 Å². The zero-order chi connectivity index (χ0) is 11.4. The smallest absolute Gasteiger partial charge is 0.303 e. The van der Waals surface area contributed by atoms with Crippen LogP contribution in [-0.2, 0) is 4.79 Å². The molecule has 0 aromatic heterocycles. The number of carbonyl (C=O) groups is 1. The number of carboxylic acid groups (broad SMARTS) is 1. The molecule has 0 aliphatic heterocycles. The predicted molar refractivity (Wildman–Crippen MR) is 61.9 cm³/mol. The molecule has 0 aromatic carbocycles. The molecule has 0 aliphatic rings. The second kappa shape index (κ2) is 12.8. The van der Waals surface area contributed by atoms with E-state index < -0.39 is 5.97 Å². The molecule has 3 nitrogen and oxygen atoms in total. The van der Waals surface area contributed by atoms with Gasteiger partial charge in [0.15, 0.2) is 0 Å². The van der Waals surface area contributed by atoms with Crippen LogP contribution in [0.15, 0.2) is 0 Å². The van der Waals surface area contributed by atoms with Crippen LogP contribution in [0.2, 0.25) is 0 Å². The number of aliphatic carboxylic acids is 1. The van der Waals surface area contributed by atoms with Crippen LogP contribution < -0.4 is 0 Å². The van der Waals surface area contributed by atoms with Crippen molar-refractivity contribution in [3.63, 3.8) is 0 Å². The molecular formula is C10H22O3S. The Morgan fingerprint density at radius 2 is 1.86 bits per heavy atom. The van der Waals surface area contributed by atoms with E-state index in [1.165, 1.54) is 0 Å². The molecule has 0 saturated heterocycles. The summed E-state index contributed by atoms with van der Waals surface area (Å²) in [5.74, 6) is -0.711. The van der Waals surface area contributed by atoms with Crippen molar-refractivity contribution in [3.8, 4) is 0 Å². The average molecular weight is 222 g/mol. The van der Waals surface area contributed by atoms with Crippen molar-refractivity contribution in [2.24, 2.45) is 0 Å². The monoisotopic (exact) mass is 222 g/mol. The Labute approximate surface area is 91.9 Å². The molecule has 0 amide bonds. The van der Waals surface area contributed by atoms with E-state index >= 15 is 0 Å². The standard InChI is InChI=1S/C6H14OS.C4H8O2/c1-2-3-6(8)4-5-7;1-2-3-4(5)6/h6-8H,2-5H2,1H3;2-3H2,1H3,(H,5,6). The Balaban J connectivity index is 0. The van der Waals surface area contributed by atoms with E-state index in [-0.39, 0.29) is 6.61 Å². The normalized spacial score (nSPS) is 11.4. The molecule has 0 saturated carbocycles. The lowest BCUT2D eigenvalue weighted by Gasteiger charge is -2.04. The maximum Gasteiger partial charge on any atom is 0.303 e. The molecule has 2 N–H and O–H groups in total. The molecule has 86 valence electrons. The SMILES string of the molecule is CCCC(=O)O.CCCC(S)CCO. The van der Waals surface area contributed by atoms with Gasteiger partial charge in [0.05, 0.1) is 0 Å². The number of aliphatic hydroxyl groups excluding tert-OH is 1. The van der Waals surface area contributed by atoms with Crippen molar-refractivity contribution in [1.29, 1.82) is 0 Å². The van der Waals surface area contributed by atoms with Crippen LogP contribution in [0.25, 0.3) is 0 Å². The fourth-order valence-corrected chi connectivity index (χ4v) is 1.21. The second-order valence-corrected chi connectivity index (χ2v) is 3.83. The molecule has 0 aliphatic carbocycles. The van der Waals surface area contributed by atoms with Gasteiger partial charge in [0.25, 0.3) is 0 Å². The number of carboxylic acids is 1. The van der Waals surface area contributed by atoms with Crippen molar-refractivity contribution in [1.82, 2.24) is 0 Å². The second-order valence-electron chi connectivity index (χ2n) is 3.10. The molecule has 0 fully saturated rings. The fourth-order valence-electron chi connectivity index (χ4n) is 0.840. The van der Waals surface area contributed by atoms with Gasteiger partial charge >= 0.3 is 5.97 Å². The molecule has 0 aromatic rings. The van der Waals surface area contributed by atoms with Crippen LogP contribution in [-0.4, -0.2) is 28.0 Å². The summed E-state index contributed by atoms with van der Waals surface area (Å²) in [4.78, 5) is 9.60. The van der Waals surface area contributed by atoms with Crippen molar-refractivity contribution in [3.05, 3.63) is 0 Å². The highest BCUT2D eigenvalue weighted by Gasteiger charge is 1.97. The van der Waals surface area contributed by atoms with Gasteiger partial charge in [-0.15, -0.1) is 0 Å². The number of rotatable bonds is 6. The Hall–Kier alpha value is -0.220. The van der Waals surface area contributed by atoms with Crippen LogP contribution in [0.4, 0.5) is 0 Å². The fraction of sp³-hybridized carbons (Fsp3) is 0.900. The van der Waals surface area contributed by atoms with Crippen LogP contribution in [0.3, 0.4) is 0 Å². The van der Waals surface area contributed by atoms with Crippen molar-refractivity contribution in [2.75, 3.05) is 6.61 Å². The molecule has 14 heavy (non-hydrogen) atoms. The number of aliphatic hydroxyl groups is 1. The van der Waals surface area contributed by atoms with Gasteiger partial charge in [-0.2, -0.15) is 12.6 Å². The largest absolute Gasteiger partial charge is 0.481 e. The minimum absolute atomic E-state index is 0.272. The zero-order valence-corrected chi connectivity index (χ0v) is 9.96. The summed E-state index contributed by atoms with van der Waals surface area (Å²) in [6.45, 7) is 4.24. The minimum atomic E-state index is -0.711. The summed E-state index contributed by atoms with van der Waals surface area (Å²) in [6, 6.07) is 0. The topological polar surface area (TPSA) is 57.5 Å². The van der Waals surface area contributed by atoms with Gasteiger partial charge in [0, 0.05) is 18.3 Å². The van der Waals surface area contributed by atoms with E-state index in [1.807, 2.05) is 6.92 Å². The maximum absolute atomic E-state index is 9.60.